The zero-order chi connectivity index (χ0) is 19.1. The number of nitrogens with zero attached hydrogens (tertiary/aromatic N) is 4. The van der Waals surface area contributed by atoms with Gasteiger partial charge >= 0.3 is 0 Å². The maximum absolute atomic E-state index is 13.3. The van der Waals surface area contributed by atoms with Crippen LogP contribution in [0.3, 0.4) is 0 Å². The van der Waals surface area contributed by atoms with Gasteiger partial charge in [-0.3, -0.25) is 4.90 Å². The van der Waals surface area contributed by atoms with Crippen LogP contribution in [0, 0.1) is 5.82 Å². The van der Waals surface area contributed by atoms with Gasteiger partial charge in [0.2, 0.25) is 0 Å². The smallest absolute Gasteiger partial charge is 0.144 e. The van der Waals surface area contributed by atoms with E-state index in [1.54, 1.807) is 6.07 Å². The average molecular weight is 395 g/mol. The molecule has 1 aromatic heterocycles. The molecule has 0 bridgehead atoms. The maximum atomic E-state index is 13.3. The summed E-state index contributed by atoms with van der Waals surface area (Å²) in [6.45, 7) is 4.47. The van der Waals surface area contributed by atoms with Crippen LogP contribution in [0.4, 0.5) is 21.7 Å². The van der Waals surface area contributed by atoms with Crippen molar-refractivity contribution in [2.75, 3.05) is 50.5 Å². The van der Waals surface area contributed by atoms with Crippen LogP contribution in [0.5, 0.6) is 0 Å². The van der Waals surface area contributed by atoms with Crippen molar-refractivity contribution in [1.82, 2.24) is 14.9 Å². The number of hydrogen-bond acceptors (Lipinski definition) is 8. The molecule has 1 fully saturated rings. The standard InChI is InChI=1S/C17H20ClFN6O2/c18-14-9-12(1-2-15(14)19)24-17-13(16(20)21-11-22-17)10-23-27-8-5-25-3-6-26-7-4-25/h1-2,9-11H,3-8H2,(H3,20,21,22,24)/b23-10+. The molecule has 3 N–H and O–H groups in total. The summed E-state index contributed by atoms with van der Waals surface area (Å²) in [5, 5.41) is 6.98. The minimum Gasteiger partial charge on any atom is -0.394 e. The number of nitrogens with one attached hydrogen (secondary N) is 1. The van der Waals surface area contributed by atoms with Crippen LogP contribution < -0.4 is 11.1 Å². The average Bonchev–Trinajstić information content (AvgIpc) is 2.67. The highest BCUT2D eigenvalue weighted by Crippen LogP contribution is 2.24. The van der Waals surface area contributed by atoms with Gasteiger partial charge < -0.3 is 20.6 Å². The van der Waals surface area contributed by atoms with E-state index in [2.05, 4.69) is 25.3 Å². The minimum absolute atomic E-state index is 0.00342. The summed E-state index contributed by atoms with van der Waals surface area (Å²) < 4.78 is 18.6. The molecule has 8 nitrogen and oxygen atoms in total. The second-order valence-corrected chi connectivity index (χ2v) is 6.20. The summed E-state index contributed by atoms with van der Waals surface area (Å²) in [5.74, 6) is 0.145. The van der Waals surface area contributed by atoms with E-state index in [-0.39, 0.29) is 10.8 Å². The topological polar surface area (TPSA) is 97.9 Å². The van der Waals surface area contributed by atoms with Crippen molar-refractivity contribution in [2.24, 2.45) is 5.16 Å². The zero-order valence-electron chi connectivity index (χ0n) is 14.6. The van der Waals surface area contributed by atoms with E-state index in [1.807, 2.05) is 0 Å². The Balaban J connectivity index is 1.61. The molecular formula is C17H20ClFN6O2. The zero-order valence-corrected chi connectivity index (χ0v) is 15.3. The van der Waals surface area contributed by atoms with E-state index >= 15 is 0 Å². The number of nitrogens with two attached hydrogens (primary N) is 1. The first-order chi connectivity index (χ1) is 13.1. The number of halogens is 2. The number of hydrogen-bond donors (Lipinski definition) is 2. The number of morpholine rings is 1. The summed E-state index contributed by atoms with van der Waals surface area (Å²) in [5.41, 5.74) is 6.93. The van der Waals surface area contributed by atoms with Gasteiger partial charge in [0.25, 0.3) is 0 Å². The van der Waals surface area contributed by atoms with Crippen molar-refractivity contribution in [1.29, 1.82) is 0 Å². The summed E-state index contributed by atoms with van der Waals surface area (Å²) in [6, 6.07) is 4.26. The Kier molecular flexibility index (Phi) is 6.74. The molecule has 10 heteroatoms. The second-order valence-electron chi connectivity index (χ2n) is 5.80. The number of aromatic nitrogens is 2. The SMILES string of the molecule is Nc1ncnc(Nc2ccc(F)c(Cl)c2)c1/C=N/OCCN1CCOCC1. The third-order valence-electron chi connectivity index (χ3n) is 3.96. The van der Waals surface area contributed by atoms with Crippen LogP contribution in [0.25, 0.3) is 0 Å². The summed E-state index contributed by atoms with van der Waals surface area (Å²) >= 11 is 5.80. The summed E-state index contributed by atoms with van der Waals surface area (Å²) in [6.07, 6.45) is 2.77. The lowest BCUT2D eigenvalue weighted by Crippen LogP contribution is -2.38. The molecule has 0 amide bonds. The summed E-state index contributed by atoms with van der Waals surface area (Å²) in [4.78, 5) is 15.7. The van der Waals surface area contributed by atoms with E-state index in [4.69, 9.17) is 26.9 Å². The van der Waals surface area contributed by atoms with Gasteiger partial charge in [0.15, 0.2) is 0 Å². The molecule has 0 unspecified atom stereocenters. The molecule has 0 saturated carbocycles. The maximum Gasteiger partial charge on any atom is 0.144 e. The molecule has 144 valence electrons. The van der Waals surface area contributed by atoms with E-state index in [0.717, 1.165) is 32.8 Å². The molecule has 0 radical (unpaired) electrons. The van der Waals surface area contributed by atoms with Crippen LogP contribution in [0.15, 0.2) is 29.7 Å². The molecular weight excluding hydrogens is 375 g/mol. The molecule has 27 heavy (non-hydrogen) atoms. The highest BCUT2D eigenvalue weighted by atomic mass is 35.5. The van der Waals surface area contributed by atoms with E-state index < -0.39 is 5.82 Å². The van der Waals surface area contributed by atoms with Crippen molar-refractivity contribution in [2.45, 2.75) is 0 Å². The molecule has 0 aliphatic carbocycles. The van der Waals surface area contributed by atoms with Gasteiger partial charge in [-0.05, 0) is 18.2 Å². The number of nitrogen functional groups attached to an aromatic ring is 1. The molecule has 1 aliphatic heterocycles. The lowest BCUT2D eigenvalue weighted by molar-refractivity contribution is 0.0214. The molecule has 2 aromatic rings. The number of ether oxygens (including phenoxy) is 1. The van der Waals surface area contributed by atoms with Gasteiger partial charge in [-0.25, -0.2) is 14.4 Å². The number of rotatable bonds is 7. The monoisotopic (exact) mass is 394 g/mol. The van der Waals surface area contributed by atoms with Crippen molar-refractivity contribution < 1.29 is 14.0 Å². The van der Waals surface area contributed by atoms with Gasteiger partial charge in [0.1, 0.15) is 30.4 Å². The second kappa shape index (κ2) is 9.45. The van der Waals surface area contributed by atoms with E-state index in [0.29, 0.717) is 23.7 Å². The van der Waals surface area contributed by atoms with Gasteiger partial charge in [-0.1, -0.05) is 16.8 Å². The van der Waals surface area contributed by atoms with Crippen molar-refractivity contribution in [3.63, 3.8) is 0 Å². The third-order valence-corrected chi connectivity index (χ3v) is 4.25. The van der Waals surface area contributed by atoms with Gasteiger partial charge in [0.05, 0.1) is 30.0 Å². The fourth-order valence-corrected chi connectivity index (χ4v) is 2.66. The fraction of sp³-hybridized carbons (Fsp3) is 0.353. The first-order valence-electron chi connectivity index (χ1n) is 8.41. The highest BCUT2D eigenvalue weighted by Gasteiger charge is 2.11. The van der Waals surface area contributed by atoms with Crippen molar-refractivity contribution in [3.8, 4) is 0 Å². The lowest BCUT2D eigenvalue weighted by atomic mass is 10.2. The van der Waals surface area contributed by atoms with Crippen LogP contribution >= 0.6 is 11.6 Å². The number of oxime groups is 1. The molecule has 0 spiro atoms. The minimum atomic E-state index is -0.500. The lowest BCUT2D eigenvalue weighted by Gasteiger charge is -2.25. The van der Waals surface area contributed by atoms with Gasteiger partial charge in [-0.15, -0.1) is 0 Å². The molecule has 2 heterocycles. The van der Waals surface area contributed by atoms with E-state index in [1.165, 1.54) is 24.7 Å². The quantitative estimate of drug-likeness (QED) is 0.422. The largest absolute Gasteiger partial charge is 0.394 e. The Morgan fingerprint density at radius 1 is 1.37 bits per heavy atom. The molecule has 3 rings (SSSR count). The van der Waals surface area contributed by atoms with Gasteiger partial charge in [-0.2, -0.15) is 0 Å². The third kappa shape index (κ3) is 5.49. The van der Waals surface area contributed by atoms with Crippen LogP contribution in [-0.4, -0.2) is 60.5 Å². The van der Waals surface area contributed by atoms with Crippen LogP contribution in [0.2, 0.25) is 5.02 Å². The van der Waals surface area contributed by atoms with Crippen LogP contribution in [0.1, 0.15) is 5.56 Å². The Morgan fingerprint density at radius 3 is 2.96 bits per heavy atom. The van der Waals surface area contributed by atoms with Crippen molar-refractivity contribution >= 4 is 35.1 Å². The van der Waals surface area contributed by atoms with Crippen LogP contribution in [-0.2, 0) is 9.57 Å². The summed E-state index contributed by atoms with van der Waals surface area (Å²) in [7, 11) is 0. The number of benzene rings is 1. The first-order valence-corrected chi connectivity index (χ1v) is 8.79. The number of anilines is 3. The molecule has 0 atom stereocenters. The normalized spacial score (nSPS) is 15.2. The molecule has 1 aromatic carbocycles. The van der Waals surface area contributed by atoms with E-state index in [9.17, 15) is 4.39 Å². The Labute approximate surface area is 161 Å². The van der Waals surface area contributed by atoms with Crippen molar-refractivity contribution in [3.05, 3.63) is 40.9 Å². The Hall–Kier alpha value is -2.49. The molecule has 1 aliphatic rings. The fourth-order valence-electron chi connectivity index (χ4n) is 2.48. The first kappa shape index (κ1) is 19.3. The predicted molar refractivity (Wildman–Crippen MR) is 102 cm³/mol. The predicted octanol–water partition coefficient (Wildman–Crippen LogP) is 2.28. The Morgan fingerprint density at radius 2 is 2.19 bits per heavy atom. The Bertz CT molecular complexity index is 801. The van der Waals surface area contributed by atoms with Gasteiger partial charge in [0, 0.05) is 25.3 Å². The molecule has 1 saturated heterocycles. The highest BCUT2D eigenvalue weighted by molar-refractivity contribution is 6.31.